The molecule has 0 fully saturated rings. The summed E-state index contributed by atoms with van der Waals surface area (Å²) in [6.07, 6.45) is 0. The van der Waals surface area contributed by atoms with Crippen LogP contribution in [0.4, 0.5) is 20.2 Å². The summed E-state index contributed by atoms with van der Waals surface area (Å²) < 4.78 is 28.6. The van der Waals surface area contributed by atoms with Gasteiger partial charge in [-0.2, -0.15) is 8.78 Å². The van der Waals surface area contributed by atoms with Crippen molar-refractivity contribution in [1.82, 2.24) is 0 Å². The molecular weight excluding hydrogens is 278 g/mol. The normalized spacial score (nSPS) is 10.5. The number of amides is 1. The Kier molecular flexibility index (Phi) is 4.37. The van der Waals surface area contributed by atoms with E-state index in [4.69, 9.17) is 5.73 Å². The summed E-state index contributed by atoms with van der Waals surface area (Å²) in [5.74, 6) is -0.528. The summed E-state index contributed by atoms with van der Waals surface area (Å²) in [5.41, 5.74) is 7.87. The van der Waals surface area contributed by atoms with Crippen LogP contribution in [0.1, 0.15) is 15.9 Å². The average molecular weight is 292 g/mol. The van der Waals surface area contributed by atoms with Gasteiger partial charge in [-0.05, 0) is 42.8 Å². The third-order valence-corrected chi connectivity index (χ3v) is 2.78. The van der Waals surface area contributed by atoms with E-state index in [9.17, 15) is 13.6 Å². The summed E-state index contributed by atoms with van der Waals surface area (Å²) in [5, 5.41) is 2.63. The lowest BCUT2D eigenvalue weighted by atomic mass is 10.1. The number of benzene rings is 2. The van der Waals surface area contributed by atoms with Crippen molar-refractivity contribution in [1.29, 1.82) is 0 Å². The number of hydrogen-bond donors (Lipinski definition) is 2. The number of nitrogens with one attached hydrogen (secondary N) is 1. The Labute approximate surface area is 120 Å². The van der Waals surface area contributed by atoms with Gasteiger partial charge in [-0.1, -0.05) is 12.1 Å². The highest BCUT2D eigenvalue weighted by molar-refractivity contribution is 6.05. The van der Waals surface area contributed by atoms with E-state index < -0.39 is 12.5 Å². The number of alkyl halides is 2. The number of ether oxygens (including phenoxy) is 1. The highest BCUT2D eigenvalue weighted by atomic mass is 19.3. The molecule has 2 aromatic carbocycles. The Hall–Kier alpha value is -2.63. The number of rotatable bonds is 4. The number of carbonyl (C=O) groups excluding carboxylic acids is 1. The van der Waals surface area contributed by atoms with Gasteiger partial charge in [0.25, 0.3) is 5.91 Å². The van der Waals surface area contributed by atoms with Crippen LogP contribution >= 0.6 is 0 Å². The molecule has 21 heavy (non-hydrogen) atoms. The molecule has 0 saturated heterocycles. The fourth-order valence-electron chi connectivity index (χ4n) is 1.80. The van der Waals surface area contributed by atoms with Crippen molar-refractivity contribution in [2.75, 3.05) is 11.1 Å². The van der Waals surface area contributed by atoms with Gasteiger partial charge >= 0.3 is 6.61 Å². The average Bonchev–Trinajstić information content (AvgIpc) is 2.41. The minimum atomic E-state index is -2.93. The fraction of sp³-hybridized carbons (Fsp3) is 0.133. The monoisotopic (exact) mass is 292 g/mol. The maximum atomic E-state index is 12.2. The molecule has 0 aliphatic heterocycles. The van der Waals surface area contributed by atoms with Crippen LogP contribution in [-0.2, 0) is 0 Å². The lowest BCUT2D eigenvalue weighted by molar-refractivity contribution is -0.0498. The minimum Gasteiger partial charge on any atom is -0.435 e. The Balaban J connectivity index is 2.16. The summed E-state index contributed by atoms with van der Waals surface area (Å²) in [6.45, 7) is -1.05. The smallest absolute Gasteiger partial charge is 0.387 e. The first-order valence-corrected chi connectivity index (χ1v) is 6.18. The molecule has 0 saturated carbocycles. The lowest BCUT2D eigenvalue weighted by Gasteiger charge is -2.10. The van der Waals surface area contributed by atoms with Crippen LogP contribution in [0.2, 0.25) is 0 Å². The zero-order valence-corrected chi connectivity index (χ0v) is 11.3. The lowest BCUT2D eigenvalue weighted by Crippen LogP contribution is -2.13. The van der Waals surface area contributed by atoms with Gasteiger partial charge in [-0.3, -0.25) is 4.79 Å². The van der Waals surface area contributed by atoms with E-state index in [0.717, 1.165) is 5.56 Å². The number of nitrogen functional groups attached to an aromatic ring is 1. The van der Waals surface area contributed by atoms with Gasteiger partial charge in [0.2, 0.25) is 0 Å². The van der Waals surface area contributed by atoms with Crippen molar-refractivity contribution in [3.8, 4) is 5.75 Å². The van der Waals surface area contributed by atoms with Gasteiger partial charge in [0, 0.05) is 5.56 Å². The zero-order valence-electron chi connectivity index (χ0n) is 11.3. The Morgan fingerprint density at radius 2 is 2.00 bits per heavy atom. The van der Waals surface area contributed by atoms with E-state index in [1.807, 2.05) is 13.0 Å². The molecule has 0 unspecified atom stereocenters. The highest BCUT2D eigenvalue weighted by Gasteiger charge is 2.11. The number of hydrogen-bond acceptors (Lipinski definition) is 3. The summed E-state index contributed by atoms with van der Waals surface area (Å²) >= 11 is 0. The molecular formula is C15H14F2N2O2. The molecule has 0 atom stereocenters. The summed E-state index contributed by atoms with van der Waals surface area (Å²) in [6, 6.07) is 10.8. The topological polar surface area (TPSA) is 64.3 Å². The van der Waals surface area contributed by atoms with Crippen LogP contribution in [0.3, 0.4) is 0 Å². The Bertz CT molecular complexity index is 660. The van der Waals surface area contributed by atoms with Gasteiger partial charge in [0.05, 0.1) is 11.4 Å². The van der Waals surface area contributed by atoms with Crippen LogP contribution < -0.4 is 15.8 Å². The SMILES string of the molecule is Cc1ccc(NC(=O)c2cccc(OC(F)F)c2)c(N)c1. The summed E-state index contributed by atoms with van der Waals surface area (Å²) in [4.78, 5) is 12.1. The number of aryl methyl sites for hydroxylation is 1. The molecule has 2 rings (SSSR count). The van der Waals surface area contributed by atoms with E-state index in [2.05, 4.69) is 10.1 Å². The maximum absolute atomic E-state index is 12.2. The van der Waals surface area contributed by atoms with Gasteiger partial charge in [0.15, 0.2) is 0 Å². The Morgan fingerprint density at radius 3 is 2.67 bits per heavy atom. The molecule has 4 nitrogen and oxygen atoms in total. The number of halogens is 2. The van der Waals surface area contributed by atoms with Crippen molar-refractivity contribution in [3.05, 3.63) is 53.6 Å². The third kappa shape index (κ3) is 3.92. The van der Waals surface area contributed by atoms with Crippen LogP contribution in [0.5, 0.6) is 5.75 Å². The van der Waals surface area contributed by atoms with Gasteiger partial charge in [-0.25, -0.2) is 0 Å². The molecule has 6 heteroatoms. The first-order chi connectivity index (χ1) is 9.95. The van der Waals surface area contributed by atoms with Crippen molar-refractivity contribution >= 4 is 17.3 Å². The van der Waals surface area contributed by atoms with Crippen LogP contribution in [0.25, 0.3) is 0 Å². The highest BCUT2D eigenvalue weighted by Crippen LogP contribution is 2.21. The molecule has 0 bridgehead atoms. The molecule has 2 aromatic rings. The van der Waals surface area contributed by atoms with Gasteiger partial charge < -0.3 is 15.8 Å². The number of nitrogens with two attached hydrogens (primary N) is 1. The fourth-order valence-corrected chi connectivity index (χ4v) is 1.80. The van der Waals surface area contributed by atoms with Crippen molar-refractivity contribution < 1.29 is 18.3 Å². The van der Waals surface area contributed by atoms with Crippen LogP contribution in [0, 0.1) is 6.92 Å². The Morgan fingerprint density at radius 1 is 1.24 bits per heavy atom. The first-order valence-electron chi connectivity index (χ1n) is 6.18. The quantitative estimate of drug-likeness (QED) is 0.848. The van der Waals surface area contributed by atoms with E-state index in [1.54, 1.807) is 12.1 Å². The minimum absolute atomic E-state index is 0.0745. The molecule has 0 aliphatic carbocycles. The van der Waals surface area contributed by atoms with Crippen molar-refractivity contribution in [3.63, 3.8) is 0 Å². The van der Waals surface area contributed by atoms with Gasteiger partial charge in [0.1, 0.15) is 5.75 Å². The second kappa shape index (κ2) is 6.21. The predicted molar refractivity (Wildman–Crippen MR) is 76.6 cm³/mol. The molecule has 0 heterocycles. The zero-order chi connectivity index (χ0) is 15.4. The van der Waals surface area contributed by atoms with Crippen molar-refractivity contribution in [2.24, 2.45) is 0 Å². The standard InChI is InChI=1S/C15H14F2N2O2/c1-9-5-6-13(12(18)7-9)19-14(20)10-3-2-4-11(8-10)21-15(16)17/h2-8,15H,18H2,1H3,(H,19,20). The van der Waals surface area contributed by atoms with E-state index in [1.165, 1.54) is 24.3 Å². The molecule has 3 N–H and O–H groups in total. The summed E-state index contributed by atoms with van der Waals surface area (Å²) in [7, 11) is 0. The van der Waals surface area contributed by atoms with E-state index in [0.29, 0.717) is 11.4 Å². The molecule has 0 aromatic heterocycles. The maximum Gasteiger partial charge on any atom is 0.387 e. The second-order valence-corrected chi connectivity index (χ2v) is 4.45. The second-order valence-electron chi connectivity index (χ2n) is 4.45. The van der Waals surface area contributed by atoms with E-state index in [-0.39, 0.29) is 11.3 Å². The van der Waals surface area contributed by atoms with Crippen molar-refractivity contribution in [2.45, 2.75) is 13.5 Å². The molecule has 0 radical (unpaired) electrons. The molecule has 110 valence electrons. The first kappa shape index (κ1) is 14.8. The van der Waals surface area contributed by atoms with Crippen LogP contribution in [0.15, 0.2) is 42.5 Å². The number of carbonyl (C=O) groups is 1. The third-order valence-electron chi connectivity index (χ3n) is 2.78. The van der Waals surface area contributed by atoms with Crippen LogP contribution in [-0.4, -0.2) is 12.5 Å². The predicted octanol–water partition coefficient (Wildman–Crippen LogP) is 3.43. The van der Waals surface area contributed by atoms with Gasteiger partial charge in [-0.15, -0.1) is 0 Å². The molecule has 0 spiro atoms. The van der Waals surface area contributed by atoms with E-state index >= 15 is 0 Å². The molecule has 1 amide bonds. The largest absolute Gasteiger partial charge is 0.435 e. The molecule has 0 aliphatic rings. The number of anilines is 2.